The summed E-state index contributed by atoms with van der Waals surface area (Å²) < 4.78 is 25.5. The number of para-hydroxylation sites is 1. The van der Waals surface area contributed by atoms with Gasteiger partial charge >= 0.3 is 5.97 Å². The van der Waals surface area contributed by atoms with E-state index in [-0.39, 0.29) is 24.3 Å². The smallest absolute Gasteiger partial charge is 0.328 e. The van der Waals surface area contributed by atoms with Crippen molar-refractivity contribution in [3.8, 4) is 5.75 Å². The second-order valence-corrected chi connectivity index (χ2v) is 6.24. The van der Waals surface area contributed by atoms with E-state index >= 15 is 0 Å². The van der Waals surface area contributed by atoms with Crippen LogP contribution < -0.4 is 10.3 Å². The Bertz CT molecular complexity index is 926. The molecule has 3 rings (SSSR count). The van der Waals surface area contributed by atoms with Crippen molar-refractivity contribution in [2.75, 3.05) is 13.7 Å². The Morgan fingerprint density at radius 1 is 1.19 bits per heavy atom. The number of hydrogen-bond acceptors (Lipinski definition) is 5. The molecule has 1 aromatic carbocycles. The molecule has 0 aliphatic carbocycles. The number of aromatic nitrogens is 1. The van der Waals surface area contributed by atoms with Crippen LogP contribution in [0, 0.1) is 5.82 Å². The minimum Gasteiger partial charge on any atom is -0.485 e. The molecule has 0 spiro atoms. The van der Waals surface area contributed by atoms with Crippen LogP contribution >= 0.6 is 0 Å². The number of rotatable bonds is 4. The zero-order valence-corrected chi connectivity index (χ0v) is 14.9. The summed E-state index contributed by atoms with van der Waals surface area (Å²) in [5, 5.41) is 0. The van der Waals surface area contributed by atoms with Gasteiger partial charge in [0.05, 0.1) is 13.7 Å². The quantitative estimate of drug-likeness (QED) is 0.755. The van der Waals surface area contributed by atoms with Crippen molar-refractivity contribution in [1.82, 2.24) is 9.47 Å². The lowest BCUT2D eigenvalue weighted by atomic mass is 10.2. The molecule has 2 unspecified atom stereocenters. The maximum absolute atomic E-state index is 13.8. The number of esters is 1. The summed E-state index contributed by atoms with van der Waals surface area (Å²) in [5.74, 6) is -1.70. The van der Waals surface area contributed by atoms with Gasteiger partial charge in [-0.2, -0.15) is 0 Å². The molecule has 0 saturated carbocycles. The number of methoxy groups -OCH3 is 1. The van der Waals surface area contributed by atoms with Crippen molar-refractivity contribution in [3.05, 3.63) is 64.3 Å². The van der Waals surface area contributed by atoms with Crippen molar-refractivity contribution in [2.45, 2.75) is 18.6 Å². The molecule has 1 amide bonds. The molecule has 1 aliphatic rings. The fraction of sp³-hybridized carbons (Fsp3) is 0.316. The van der Waals surface area contributed by atoms with E-state index in [1.54, 1.807) is 12.1 Å². The highest BCUT2D eigenvalue weighted by molar-refractivity contribution is 5.97. The molecule has 0 bridgehead atoms. The lowest BCUT2D eigenvalue weighted by Gasteiger charge is -2.22. The van der Waals surface area contributed by atoms with Crippen LogP contribution in [-0.2, 0) is 16.6 Å². The Kier molecular flexibility index (Phi) is 5.25. The summed E-state index contributed by atoms with van der Waals surface area (Å²) in [6, 6.07) is 7.97. The maximum Gasteiger partial charge on any atom is 0.328 e. The SMILES string of the molecule is COC(=O)C1CC(Oc2ccccc2F)CN1C(=O)c1cccn(C)c1=O. The minimum absolute atomic E-state index is 0.0327. The zero-order chi connectivity index (χ0) is 19.6. The summed E-state index contributed by atoms with van der Waals surface area (Å²) in [6.07, 6.45) is 1.06. The molecule has 2 heterocycles. The second kappa shape index (κ2) is 7.61. The average Bonchev–Trinajstić information content (AvgIpc) is 3.08. The number of pyridine rings is 1. The van der Waals surface area contributed by atoms with Gasteiger partial charge in [0.15, 0.2) is 11.6 Å². The standard InChI is InChI=1S/C19H19FN2O5/c1-21-9-5-6-13(17(21)23)18(24)22-11-12(10-15(22)19(25)26-2)27-16-8-4-3-7-14(16)20/h3-9,12,15H,10-11H2,1-2H3. The Morgan fingerprint density at radius 2 is 1.93 bits per heavy atom. The largest absolute Gasteiger partial charge is 0.485 e. The van der Waals surface area contributed by atoms with E-state index in [1.807, 2.05) is 0 Å². The molecule has 0 N–H and O–H groups in total. The number of aryl methyl sites for hydroxylation is 1. The molecule has 27 heavy (non-hydrogen) atoms. The van der Waals surface area contributed by atoms with Gasteiger partial charge in [0, 0.05) is 19.7 Å². The van der Waals surface area contributed by atoms with E-state index in [9.17, 15) is 18.8 Å². The summed E-state index contributed by atoms with van der Waals surface area (Å²) in [5.41, 5.74) is -0.523. The van der Waals surface area contributed by atoms with Crippen LogP contribution in [0.5, 0.6) is 5.75 Å². The summed E-state index contributed by atoms with van der Waals surface area (Å²) in [4.78, 5) is 38.5. The molecule has 1 fully saturated rings. The Balaban J connectivity index is 1.87. The van der Waals surface area contributed by atoms with E-state index in [0.29, 0.717) is 0 Å². The van der Waals surface area contributed by atoms with Crippen LogP contribution in [0.4, 0.5) is 4.39 Å². The second-order valence-electron chi connectivity index (χ2n) is 6.24. The number of halogens is 1. The molecule has 0 radical (unpaired) electrons. The highest BCUT2D eigenvalue weighted by atomic mass is 19.1. The minimum atomic E-state index is -0.913. The molecule has 1 saturated heterocycles. The highest BCUT2D eigenvalue weighted by Crippen LogP contribution is 2.26. The Morgan fingerprint density at radius 3 is 2.63 bits per heavy atom. The zero-order valence-electron chi connectivity index (χ0n) is 14.9. The van der Waals surface area contributed by atoms with Crippen molar-refractivity contribution in [3.63, 3.8) is 0 Å². The molecule has 142 valence electrons. The number of ether oxygens (including phenoxy) is 2. The van der Waals surface area contributed by atoms with E-state index in [2.05, 4.69) is 0 Å². The van der Waals surface area contributed by atoms with Crippen LogP contribution in [0.3, 0.4) is 0 Å². The predicted octanol–water partition coefficient (Wildman–Crippen LogP) is 1.36. The summed E-state index contributed by atoms with van der Waals surface area (Å²) >= 11 is 0. The molecular weight excluding hydrogens is 355 g/mol. The number of likely N-dealkylation sites (tertiary alicyclic amines) is 1. The number of hydrogen-bond donors (Lipinski definition) is 0. The van der Waals surface area contributed by atoms with Crippen molar-refractivity contribution in [1.29, 1.82) is 0 Å². The van der Waals surface area contributed by atoms with Crippen molar-refractivity contribution in [2.24, 2.45) is 7.05 Å². The van der Waals surface area contributed by atoms with Crippen LogP contribution in [0.2, 0.25) is 0 Å². The van der Waals surface area contributed by atoms with Crippen LogP contribution in [0.25, 0.3) is 0 Å². The van der Waals surface area contributed by atoms with Crippen LogP contribution in [0.15, 0.2) is 47.4 Å². The predicted molar refractivity (Wildman–Crippen MR) is 94.0 cm³/mol. The number of amides is 1. The molecule has 2 aromatic rings. The first-order chi connectivity index (χ1) is 12.9. The van der Waals surface area contributed by atoms with Gasteiger partial charge in [0.25, 0.3) is 11.5 Å². The van der Waals surface area contributed by atoms with Crippen LogP contribution in [0.1, 0.15) is 16.8 Å². The topological polar surface area (TPSA) is 77.8 Å². The van der Waals surface area contributed by atoms with Gasteiger partial charge in [-0.05, 0) is 24.3 Å². The van der Waals surface area contributed by atoms with Crippen molar-refractivity contribution >= 4 is 11.9 Å². The third-order valence-electron chi connectivity index (χ3n) is 4.48. The number of nitrogens with zero attached hydrogens (tertiary/aromatic N) is 2. The monoisotopic (exact) mass is 374 g/mol. The van der Waals surface area contributed by atoms with E-state index < -0.39 is 35.4 Å². The van der Waals surface area contributed by atoms with Gasteiger partial charge in [-0.1, -0.05) is 12.1 Å². The highest BCUT2D eigenvalue weighted by Gasteiger charge is 2.42. The normalized spacial score (nSPS) is 19.0. The molecule has 1 aromatic heterocycles. The molecule has 2 atom stereocenters. The van der Waals surface area contributed by atoms with E-state index in [0.717, 1.165) is 0 Å². The fourth-order valence-corrected chi connectivity index (χ4v) is 3.10. The third kappa shape index (κ3) is 3.69. The molecule has 8 heteroatoms. The first kappa shape index (κ1) is 18.6. The van der Waals surface area contributed by atoms with Gasteiger partial charge in [0.2, 0.25) is 0 Å². The lowest BCUT2D eigenvalue weighted by Crippen LogP contribution is -2.43. The van der Waals surface area contributed by atoms with Crippen molar-refractivity contribution < 1.29 is 23.5 Å². The van der Waals surface area contributed by atoms with Gasteiger partial charge in [-0.25, -0.2) is 9.18 Å². The first-order valence-electron chi connectivity index (χ1n) is 8.38. The maximum atomic E-state index is 13.8. The van der Waals surface area contributed by atoms with E-state index in [4.69, 9.17) is 9.47 Å². The van der Waals surface area contributed by atoms with Gasteiger partial charge in [-0.15, -0.1) is 0 Å². The van der Waals surface area contributed by atoms with Gasteiger partial charge in [-0.3, -0.25) is 9.59 Å². The fourth-order valence-electron chi connectivity index (χ4n) is 3.10. The number of benzene rings is 1. The first-order valence-corrected chi connectivity index (χ1v) is 8.38. The van der Waals surface area contributed by atoms with E-state index in [1.165, 1.54) is 54.1 Å². The summed E-state index contributed by atoms with van der Waals surface area (Å²) in [7, 11) is 2.75. The van der Waals surface area contributed by atoms with Gasteiger partial charge < -0.3 is 18.9 Å². The number of carbonyl (C=O) groups excluding carboxylic acids is 2. The molecule has 1 aliphatic heterocycles. The number of carbonyl (C=O) groups is 2. The summed E-state index contributed by atoms with van der Waals surface area (Å²) in [6.45, 7) is 0.0327. The average molecular weight is 374 g/mol. The molecular formula is C19H19FN2O5. The Hall–Kier alpha value is -3.16. The van der Waals surface area contributed by atoms with Gasteiger partial charge in [0.1, 0.15) is 17.7 Å². The molecule has 7 nitrogen and oxygen atoms in total. The Labute approximate surface area is 154 Å². The third-order valence-corrected chi connectivity index (χ3v) is 4.48. The van der Waals surface area contributed by atoms with Crippen LogP contribution in [-0.4, -0.2) is 47.1 Å². The lowest BCUT2D eigenvalue weighted by molar-refractivity contribution is -0.145.